The minimum absolute atomic E-state index is 0.289. The van der Waals surface area contributed by atoms with E-state index >= 15 is 0 Å². The predicted octanol–water partition coefficient (Wildman–Crippen LogP) is 2.96. The quantitative estimate of drug-likeness (QED) is 0.506. The summed E-state index contributed by atoms with van der Waals surface area (Å²) in [5.41, 5.74) is 1.27. The monoisotopic (exact) mass is 312 g/mol. The van der Waals surface area contributed by atoms with Crippen LogP contribution in [0.5, 0.6) is 0 Å². The standard InChI is InChI=1S/C18H25BN2O2/c1-19-9-4-10-21-11-7-14(8-12-21)20-16-13-18(22)23-17-6-3-2-5-15(16)17/h2-3,5-6,13-14,19-20H,4,7-12H2,1H3. The van der Waals surface area contributed by atoms with Crippen LogP contribution >= 0.6 is 0 Å². The summed E-state index contributed by atoms with van der Waals surface area (Å²) in [5.74, 6) is 0. The van der Waals surface area contributed by atoms with Gasteiger partial charge in [-0.1, -0.05) is 25.3 Å². The average molecular weight is 312 g/mol. The maximum Gasteiger partial charge on any atom is 0.338 e. The number of rotatable bonds is 6. The molecular formula is C18H25BN2O2. The zero-order valence-corrected chi connectivity index (χ0v) is 13.9. The number of benzene rings is 1. The first-order valence-electron chi connectivity index (χ1n) is 8.78. The molecule has 1 aromatic carbocycles. The number of piperidine rings is 1. The van der Waals surface area contributed by atoms with Crippen molar-refractivity contribution in [1.82, 2.24) is 4.90 Å². The van der Waals surface area contributed by atoms with Gasteiger partial charge in [-0.3, -0.25) is 0 Å². The smallest absolute Gasteiger partial charge is 0.338 e. The van der Waals surface area contributed by atoms with Gasteiger partial charge in [0.05, 0.1) is 5.69 Å². The van der Waals surface area contributed by atoms with Crippen LogP contribution in [-0.2, 0) is 0 Å². The first-order valence-corrected chi connectivity index (χ1v) is 8.78. The van der Waals surface area contributed by atoms with Gasteiger partial charge in [-0.05, 0) is 37.9 Å². The van der Waals surface area contributed by atoms with Crippen molar-refractivity contribution in [3.05, 3.63) is 40.8 Å². The number of hydrogen-bond donors (Lipinski definition) is 1. The van der Waals surface area contributed by atoms with Crippen LogP contribution in [0.15, 0.2) is 39.5 Å². The lowest BCUT2D eigenvalue weighted by Gasteiger charge is -2.33. The van der Waals surface area contributed by atoms with Crippen molar-refractivity contribution < 1.29 is 4.42 Å². The molecule has 0 unspecified atom stereocenters. The molecule has 1 N–H and O–H groups in total. The van der Waals surface area contributed by atoms with Gasteiger partial charge in [0.25, 0.3) is 0 Å². The molecule has 0 radical (unpaired) electrons. The Labute approximate surface area is 138 Å². The number of anilines is 1. The summed E-state index contributed by atoms with van der Waals surface area (Å²) >= 11 is 0. The minimum Gasteiger partial charge on any atom is -0.423 e. The third-order valence-corrected chi connectivity index (χ3v) is 4.68. The fourth-order valence-electron chi connectivity index (χ4n) is 3.34. The number of nitrogens with zero attached hydrogens (tertiary/aromatic N) is 1. The molecule has 23 heavy (non-hydrogen) atoms. The highest BCUT2D eigenvalue weighted by atomic mass is 16.4. The van der Waals surface area contributed by atoms with E-state index in [2.05, 4.69) is 17.0 Å². The molecule has 0 atom stereocenters. The van der Waals surface area contributed by atoms with E-state index in [-0.39, 0.29) is 5.63 Å². The number of hydrogen-bond acceptors (Lipinski definition) is 4. The maximum absolute atomic E-state index is 11.7. The van der Waals surface area contributed by atoms with Crippen molar-refractivity contribution >= 4 is 23.9 Å². The summed E-state index contributed by atoms with van der Waals surface area (Å²) in [7, 11) is 1.28. The van der Waals surface area contributed by atoms with E-state index in [1.807, 2.05) is 24.3 Å². The van der Waals surface area contributed by atoms with Crippen molar-refractivity contribution in [3.63, 3.8) is 0 Å². The molecule has 0 aliphatic carbocycles. The van der Waals surface area contributed by atoms with Gasteiger partial charge < -0.3 is 14.6 Å². The van der Waals surface area contributed by atoms with E-state index < -0.39 is 0 Å². The molecule has 0 saturated carbocycles. The molecule has 0 spiro atoms. The molecule has 3 rings (SSSR count). The van der Waals surface area contributed by atoms with Gasteiger partial charge in [0.1, 0.15) is 12.9 Å². The van der Waals surface area contributed by atoms with Gasteiger partial charge in [-0.15, -0.1) is 0 Å². The van der Waals surface area contributed by atoms with E-state index in [1.165, 1.54) is 26.6 Å². The van der Waals surface area contributed by atoms with Crippen molar-refractivity contribution in [1.29, 1.82) is 0 Å². The SMILES string of the molecule is CBCCCN1CCC(Nc2cc(=O)oc3ccccc23)CC1. The number of para-hydroxylation sites is 1. The number of nitrogens with one attached hydrogen (secondary N) is 1. The van der Waals surface area contributed by atoms with Crippen LogP contribution in [0.25, 0.3) is 11.0 Å². The van der Waals surface area contributed by atoms with Gasteiger partial charge in [0.15, 0.2) is 0 Å². The fraction of sp³-hybridized carbons (Fsp3) is 0.500. The molecule has 2 heterocycles. The second-order valence-corrected chi connectivity index (χ2v) is 6.44. The summed E-state index contributed by atoms with van der Waals surface area (Å²) < 4.78 is 5.26. The first kappa shape index (κ1) is 16.1. The van der Waals surface area contributed by atoms with Gasteiger partial charge in [-0.25, -0.2) is 4.79 Å². The van der Waals surface area contributed by atoms with Gasteiger partial charge in [-0.2, -0.15) is 0 Å². The molecule has 1 aliphatic heterocycles. The normalized spacial score (nSPS) is 16.6. The lowest BCUT2D eigenvalue weighted by atomic mass is 9.77. The van der Waals surface area contributed by atoms with Crippen LogP contribution < -0.4 is 10.9 Å². The van der Waals surface area contributed by atoms with E-state index in [0.717, 1.165) is 37.0 Å². The Kier molecular flexibility index (Phi) is 5.39. The molecule has 1 saturated heterocycles. The second kappa shape index (κ2) is 7.69. The average Bonchev–Trinajstić information content (AvgIpc) is 2.56. The van der Waals surface area contributed by atoms with Crippen LogP contribution in [0.2, 0.25) is 13.1 Å². The molecule has 0 bridgehead atoms. The van der Waals surface area contributed by atoms with E-state index in [4.69, 9.17) is 4.42 Å². The topological polar surface area (TPSA) is 45.5 Å². The molecule has 1 aromatic heterocycles. The molecule has 1 fully saturated rings. The summed E-state index contributed by atoms with van der Waals surface area (Å²) in [5, 5.41) is 4.55. The zero-order chi connectivity index (χ0) is 16.1. The van der Waals surface area contributed by atoms with Crippen LogP contribution in [0, 0.1) is 0 Å². The Morgan fingerprint density at radius 2 is 2.09 bits per heavy atom. The van der Waals surface area contributed by atoms with E-state index in [0.29, 0.717) is 11.6 Å². The highest BCUT2D eigenvalue weighted by molar-refractivity contribution is 6.33. The summed E-state index contributed by atoms with van der Waals surface area (Å²) in [6.07, 6.45) is 4.88. The Morgan fingerprint density at radius 3 is 2.87 bits per heavy atom. The van der Waals surface area contributed by atoms with Crippen LogP contribution in [-0.4, -0.2) is 37.9 Å². The number of fused-ring (bicyclic) bond motifs is 1. The second-order valence-electron chi connectivity index (χ2n) is 6.44. The predicted molar refractivity (Wildman–Crippen MR) is 98.0 cm³/mol. The molecule has 2 aromatic rings. The van der Waals surface area contributed by atoms with Crippen molar-refractivity contribution in [2.75, 3.05) is 25.0 Å². The molecule has 4 nitrogen and oxygen atoms in total. The highest BCUT2D eigenvalue weighted by Gasteiger charge is 2.19. The molecule has 0 amide bonds. The van der Waals surface area contributed by atoms with E-state index in [9.17, 15) is 4.79 Å². The molecule has 1 aliphatic rings. The van der Waals surface area contributed by atoms with Gasteiger partial charge in [0, 0.05) is 30.6 Å². The van der Waals surface area contributed by atoms with Crippen molar-refractivity contribution in [2.24, 2.45) is 0 Å². The maximum atomic E-state index is 11.7. The summed E-state index contributed by atoms with van der Waals surface area (Å²) in [6, 6.07) is 9.73. The Balaban J connectivity index is 1.62. The summed E-state index contributed by atoms with van der Waals surface area (Å²) in [4.78, 5) is 14.3. The third-order valence-electron chi connectivity index (χ3n) is 4.68. The highest BCUT2D eigenvalue weighted by Crippen LogP contribution is 2.24. The third kappa shape index (κ3) is 4.17. The molecular weight excluding hydrogens is 287 g/mol. The molecule has 5 heteroatoms. The fourth-order valence-corrected chi connectivity index (χ4v) is 3.34. The first-order chi connectivity index (χ1) is 11.3. The lowest BCUT2D eigenvalue weighted by molar-refractivity contribution is 0.219. The van der Waals surface area contributed by atoms with Crippen LogP contribution in [0.3, 0.4) is 0 Å². The lowest BCUT2D eigenvalue weighted by Crippen LogP contribution is -2.39. The van der Waals surface area contributed by atoms with Crippen molar-refractivity contribution in [2.45, 2.75) is 38.4 Å². The summed E-state index contributed by atoms with van der Waals surface area (Å²) in [6.45, 7) is 5.75. The van der Waals surface area contributed by atoms with Crippen LogP contribution in [0.4, 0.5) is 5.69 Å². The largest absolute Gasteiger partial charge is 0.423 e. The zero-order valence-electron chi connectivity index (χ0n) is 13.9. The van der Waals surface area contributed by atoms with Crippen LogP contribution in [0.1, 0.15) is 19.3 Å². The number of likely N-dealkylation sites (tertiary alicyclic amines) is 1. The van der Waals surface area contributed by atoms with Gasteiger partial charge >= 0.3 is 5.63 Å². The molecule has 122 valence electrons. The van der Waals surface area contributed by atoms with Crippen molar-refractivity contribution in [3.8, 4) is 0 Å². The Hall–Kier alpha value is -1.75. The minimum atomic E-state index is -0.289. The Bertz CT molecular complexity index is 693. The Morgan fingerprint density at radius 1 is 1.30 bits per heavy atom. The van der Waals surface area contributed by atoms with Gasteiger partial charge in [0.2, 0.25) is 0 Å². The van der Waals surface area contributed by atoms with E-state index in [1.54, 1.807) is 6.07 Å².